The van der Waals surface area contributed by atoms with E-state index in [1.165, 1.54) is 10.9 Å². The largest absolute Gasteiger partial charge is 0.350 e. The molecule has 7 heteroatoms. The fourth-order valence-electron chi connectivity index (χ4n) is 2.53. The van der Waals surface area contributed by atoms with Gasteiger partial charge in [0.2, 0.25) is 0 Å². The molecule has 7 nitrogen and oxygen atoms in total. The van der Waals surface area contributed by atoms with Crippen molar-refractivity contribution >= 4 is 5.91 Å². The van der Waals surface area contributed by atoms with Crippen LogP contribution in [0.5, 0.6) is 0 Å². The lowest BCUT2D eigenvalue weighted by molar-refractivity contribution is 0.0939. The van der Waals surface area contributed by atoms with Gasteiger partial charge in [0, 0.05) is 18.4 Å². The lowest BCUT2D eigenvalue weighted by Gasteiger charge is -2.11. The summed E-state index contributed by atoms with van der Waals surface area (Å²) >= 11 is 0. The van der Waals surface area contributed by atoms with Crippen LogP contribution >= 0.6 is 0 Å². The van der Waals surface area contributed by atoms with E-state index < -0.39 is 0 Å². The van der Waals surface area contributed by atoms with Gasteiger partial charge in [0.1, 0.15) is 0 Å². The number of benzene rings is 1. The van der Waals surface area contributed by atoms with Crippen LogP contribution in [0.3, 0.4) is 0 Å². The van der Waals surface area contributed by atoms with Crippen LogP contribution in [-0.4, -0.2) is 26.7 Å². The maximum absolute atomic E-state index is 12.7. The highest BCUT2D eigenvalue weighted by Gasteiger charge is 2.13. The van der Waals surface area contributed by atoms with E-state index in [0.29, 0.717) is 28.1 Å². The number of pyridine rings is 1. The van der Waals surface area contributed by atoms with Crippen molar-refractivity contribution in [3.05, 3.63) is 70.3 Å². The Morgan fingerprint density at radius 2 is 2.04 bits per heavy atom. The Morgan fingerprint density at radius 1 is 1.30 bits per heavy atom. The quantitative estimate of drug-likeness (QED) is 0.729. The van der Waals surface area contributed by atoms with Crippen LogP contribution in [0.2, 0.25) is 0 Å². The molecule has 2 N–H and O–H groups in total. The first-order chi connectivity index (χ1) is 13.0. The molecule has 0 bridgehead atoms. The van der Waals surface area contributed by atoms with Crippen LogP contribution in [-0.2, 0) is 0 Å². The summed E-state index contributed by atoms with van der Waals surface area (Å²) in [6.07, 6.45) is 3.88. The van der Waals surface area contributed by atoms with Crippen molar-refractivity contribution in [2.75, 3.05) is 0 Å². The third kappa shape index (κ3) is 3.80. The van der Waals surface area contributed by atoms with Crippen molar-refractivity contribution in [2.45, 2.75) is 26.3 Å². The lowest BCUT2D eigenvalue weighted by Crippen LogP contribution is -2.32. The Hall–Kier alpha value is -3.66. The average molecular weight is 361 g/mol. The normalized spacial score (nSPS) is 11.6. The Labute approximate surface area is 156 Å². The van der Waals surface area contributed by atoms with Crippen molar-refractivity contribution in [2.24, 2.45) is 0 Å². The van der Waals surface area contributed by atoms with E-state index in [1.54, 1.807) is 42.6 Å². The van der Waals surface area contributed by atoms with E-state index >= 15 is 0 Å². The molecule has 1 aromatic carbocycles. The summed E-state index contributed by atoms with van der Waals surface area (Å²) in [5.41, 5.74) is 1.89. The SMILES string of the molecule is CC[C@H](C)NC(=O)c1ccc(-n2[nH]cc(-c3ccc(C#N)cc3)c2=O)nc1. The first-order valence-corrected chi connectivity index (χ1v) is 8.61. The molecule has 0 saturated heterocycles. The highest BCUT2D eigenvalue weighted by molar-refractivity contribution is 5.94. The minimum Gasteiger partial charge on any atom is -0.350 e. The lowest BCUT2D eigenvalue weighted by atomic mass is 10.1. The number of nitrogens with zero attached hydrogens (tertiary/aromatic N) is 3. The van der Waals surface area contributed by atoms with Gasteiger partial charge >= 0.3 is 0 Å². The summed E-state index contributed by atoms with van der Waals surface area (Å²) in [5.74, 6) is 0.195. The summed E-state index contributed by atoms with van der Waals surface area (Å²) in [7, 11) is 0. The van der Waals surface area contributed by atoms with E-state index in [2.05, 4.69) is 15.4 Å². The highest BCUT2D eigenvalue weighted by atomic mass is 16.2. The molecule has 27 heavy (non-hydrogen) atoms. The van der Waals surface area contributed by atoms with Gasteiger partial charge in [0.15, 0.2) is 5.82 Å². The monoisotopic (exact) mass is 361 g/mol. The molecule has 0 fully saturated rings. The Balaban J connectivity index is 1.85. The van der Waals surface area contributed by atoms with Gasteiger partial charge in [-0.2, -0.15) is 5.26 Å². The minimum absolute atomic E-state index is 0.0817. The maximum atomic E-state index is 12.7. The van der Waals surface area contributed by atoms with Crippen LogP contribution in [0.4, 0.5) is 0 Å². The van der Waals surface area contributed by atoms with Crippen molar-refractivity contribution < 1.29 is 4.79 Å². The molecule has 2 heterocycles. The van der Waals surface area contributed by atoms with Crippen LogP contribution in [0, 0.1) is 11.3 Å². The molecule has 1 atom stereocenters. The first-order valence-electron chi connectivity index (χ1n) is 8.61. The van der Waals surface area contributed by atoms with Gasteiger partial charge in [-0.3, -0.25) is 14.7 Å². The molecule has 2 aromatic heterocycles. The number of aromatic nitrogens is 3. The third-order valence-electron chi connectivity index (χ3n) is 4.33. The summed E-state index contributed by atoms with van der Waals surface area (Å²) in [6, 6.07) is 12.2. The van der Waals surface area contributed by atoms with Crippen LogP contribution in [0.25, 0.3) is 16.9 Å². The van der Waals surface area contributed by atoms with Crippen molar-refractivity contribution in [3.8, 4) is 23.0 Å². The van der Waals surface area contributed by atoms with Crippen molar-refractivity contribution in [3.63, 3.8) is 0 Å². The van der Waals surface area contributed by atoms with E-state index in [0.717, 1.165) is 6.42 Å². The Bertz CT molecular complexity index is 1040. The molecule has 136 valence electrons. The van der Waals surface area contributed by atoms with Gasteiger partial charge in [0.05, 0.1) is 22.8 Å². The van der Waals surface area contributed by atoms with Crippen molar-refractivity contribution in [1.29, 1.82) is 5.26 Å². The number of H-pyrrole nitrogens is 1. The molecule has 3 rings (SSSR count). The molecule has 0 spiro atoms. The highest BCUT2D eigenvalue weighted by Crippen LogP contribution is 2.16. The summed E-state index contributed by atoms with van der Waals surface area (Å²) in [5, 5.41) is 14.6. The molecule has 0 radical (unpaired) electrons. The van der Waals surface area contributed by atoms with Crippen LogP contribution < -0.4 is 10.9 Å². The molecular weight excluding hydrogens is 342 g/mol. The molecule has 3 aromatic rings. The zero-order chi connectivity index (χ0) is 19.4. The number of carbonyl (C=O) groups excluding carboxylic acids is 1. The third-order valence-corrected chi connectivity index (χ3v) is 4.33. The molecule has 0 aliphatic rings. The van der Waals surface area contributed by atoms with Crippen LogP contribution in [0.15, 0.2) is 53.6 Å². The molecular formula is C20H19N5O2. The van der Waals surface area contributed by atoms with E-state index in [4.69, 9.17) is 5.26 Å². The predicted molar refractivity (Wildman–Crippen MR) is 102 cm³/mol. The fourth-order valence-corrected chi connectivity index (χ4v) is 2.53. The molecule has 1 amide bonds. The number of nitriles is 1. The number of hydrogen-bond acceptors (Lipinski definition) is 4. The molecule has 0 aliphatic heterocycles. The standard InChI is InChI=1S/C20H19N5O2/c1-3-13(2)24-19(26)16-8-9-18(22-11-16)25-20(27)17(12-23-25)15-6-4-14(10-21)5-7-15/h4-9,11-13,23H,3H2,1-2H3,(H,24,26)/t13-/m0/s1. The second-order valence-corrected chi connectivity index (χ2v) is 6.20. The summed E-state index contributed by atoms with van der Waals surface area (Å²) < 4.78 is 1.31. The maximum Gasteiger partial charge on any atom is 0.280 e. The number of aromatic amines is 1. The van der Waals surface area contributed by atoms with Crippen molar-refractivity contribution in [1.82, 2.24) is 20.1 Å². The van der Waals surface area contributed by atoms with E-state index in [-0.39, 0.29) is 17.5 Å². The smallest absolute Gasteiger partial charge is 0.280 e. The molecule has 0 unspecified atom stereocenters. The summed E-state index contributed by atoms with van der Waals surface area (Å²) in [4.78, 5) is 29.0. The van der Waals surface area contributed by atoms with E-state index in [1.807, 2.05) is 19.9 Å². The molecule has 0 saturated carbocycles. The van der Waals surface area contributed by atoms with Gasteiger partial charge in [-0.25, -0.2) is 9.67 Å². The predicted octanol–water partition coefficient (Wildman–Crippen LogP) is 2.63. The van der Waals surface area contributed by atoms with Gasteiger partial charge in [0.25, 0.3) is 11.5 Å². The number of amides is 1. The zero-order valence-electron chi connectivity index (χ0n) is 15.1. The number of rotatable bonds is 5. The number of nitrogens with one attached hydrogen (secondary N) is 2. The zero-order valence-corrected chi connectivity index (χ0v) is 15.1. The van der Waals surface area contributed by atoms with Gasteiger partial charge < -0.3 is 5.32 Å². The summed E-state index contributed by atoms with van der Waals surface area (Å²) in [6.45, 7) is 3.93. The van der Waals surface area contributed by atoms with E-state index in [9.17, 15) is 9.59 Å². The first kappa shape index (κ1) is 18.1. The number of hydrogen-bond donors (Lipinski definition) is 2. The fraction of sp³-hybridized carbons (Fsp3) is 0.200. The van der Waals surface area contributed by atoms with Gasteiger partial charge in [-0.15, -0.1) is 0 Å². The topological polar surface area (TPSA) is 104 Å². The second kappa shape index (κ2) is 7.70. The average Bonchev–Trinajstić information content (AvgIpc) is 3.09. The van der Waals surface area contributed by atoms with Crippen LogP contribution in [0.1, 0.15) is 36.2 Å². The Morgan fingerprint density at radius 3 is 2.63 bits per heavy atom. The second-order valence-electron chi connectivity index (χ2n) is 6.20. The number of carbonyl (C=O) groups is 1. The molecule has 0 aliphatic carbocycles. The Kier molecular flexibility index (Phi) is 5.18. The van der Waals surface area contributed by atoms with Gasteiger partial charge in [-0.1, -0.05) is 19.1 Å². The minimum atomic E-state index is -0.260. The van der Waals surface area contributed by atoms with Gasteiger partial charge in [-0.05, 0) is 43.2 Å².